The Hall–Kier alpha value is -3.53. The summed E-state index contributed by atoms with van der Waals surface area (Å²) < 4.78 is 43.9. The Balaban J connectivity index is 1.21. The predicted octanol–water partition coefficient (Wildman–Crippen LogP) is 4.86. The van der Waals surface area contributed by atoms with Gasteiger partial charge < -0.3 is 14.6 Å². The number of carbonyl (C=O) groups is 1. The Bertz CT molecular complexity index is 1430. The average Bonchev–Trinajstić information content (AvgIpc) is 2.91. The maximum Gasteiger partial charge on any atom is 0.253 e. The van der Waals surface area contributed by atoms with Gasteiger partial charge in [0, 0.05) is 42.7 Å². The maximum atomic E-state index is 14.1. The minimum atomic E-state index is -1.70. The van der Waals surface area contributed by atoms with Gasteiger partial charge >= 0.3 is 0 Å². The van der Waals surface area contributed by atoms with Crippen LogP contribution in [0.15, 0.2) is 83.9 Å². The molecule has 1 amide bonds. The number of halogens is 2. The number of likely N-dealkylation sites (tertiary alicyclic amines) is 1. The number of amides is 1. The van der Waals surface area contributed by atoms with Gasteiger partial charge in [0.05, 0.1) is 11.3 Å². The molecule has 6 nitrogen and oxygen atoms in total. The van der Waals surface area contributed by atoms with E-state index in [1.54, 1.807) is 59.5 Å². The molecule has 1 atom stereocenters. The smallest absolute Gasteiger partial charge is 0.253 e. The molecule has 1 aliphatic rings. The average molecular weight is 522 g/mol. The maximum absolute atomic E-state index is 14.1. The lowest BCUT2D eigenvalue weighted by Crippen LogP contribution is -2.47. The number of hydrogen-bond donors (Lipinski definition) is 2. The van der Waals surface area contributed by atoms with Crippen LogP contribution in [0.3, 0.4) is 0 Å². The molecule has 3 aromatic carbocycles. The second-order valence-corrected chi connectivity index (χ2v) is 10.4. The van der Waals surface area contributed by atoms with Crippen molar-refractivity contribution in [2.75, 3.05) is 17.8 Å². The Morgan fingerprint density at radius 3 is 2.46 bits per heavy atom. The molecule has 2 N–H and O–H groups in total. The fraction of sp³-hybridized carbons (Fsp3) is 0.214. The van der Waals surface area contributed by atoms with Crippen LogP contribution in [0.4, 0.5) is 14.5 Å². The first-order valence-corrected chi connectivity index (χ1v) is 13.0. The first kappa shape index (κ1) is 25.1. The van der Waals surface area contributed by atoms with Gasteiger partial charge in [-0.05, 0) is 66.9 Å². The van der Waals surface area contributed by atoms with Gasteiger partial charge in [-0.3, -0.25) is 9.78 Å². The molecule has 0 bridgehead atoms. The van der Waals surface area contributed by atoms with E-state index in [1.165, 1.54) is 24.4 Å². The summed E-state index contributed by atoms with van der Waals surface area (Å²) in [4.78, 5) is 19.2. The van der Waals surface area contributed by atoms with E-state index in [9.17, 15) is 23.2 Å². The number of nitrogens with one attached hydrogen (secondary N) is 1. The standard InChI is InChI=1S/C28H25F2N3O3S/c29-23-6-2-1-4-20(23)18-28(35)13-16-33(17-14-28)27(34)19-7-9-21(10-8-19)32-37(36)25-12-11-24(30)22-5-3-15-31-26(22)25/h1-12,15,32,35H,13-14,16-18H2. The quantitative estimate of drug-likeness (QED) is 0.354. The SMILES string of the molecule is O=C(c1ccc(N[S+]([O-])c2ccc(F)c3cccnc23)cc1)N1CCC(O)(Cc2ccccc2F)CC1. The largest absolute Gasteiger partial charge is 0.588 e. The van der Waals surface area contributed by atoms with Gasteiger partial charge in [0.1, 0.15) is 28.5 Å². The molecule has 190 valence electrons. The molecule has 5 rings (SSSR count). The van der Waals surface area contributed by atoms with Crippen molar-refractivity contribution in [1.29, 1.82) is 0 Å². The number of anilines is 1. The van der Waals surface area contributed by atoms with Crippen molar-refractivity contribution in [1.82, 2.24) is 9.88 Å². The molecular formula is C28H25F2N3O3S. The minimum absolute atomic E-state index is 0.172. The molecule has 0 aliphatic carbocycles. The van der Waals surface area contributed by atoms with Crippen molar-refractivity contribution in [3.63, 3.8) is 0 Å². The van der Waals surface area contributed by atoms with Gasteiger partial charge in [0.15, 0.2) is 0 Å². The molecule has 9 heteroatoms. The highest BCUT2D eigenvalue weighted by molar-refractivity contribution is 7.93. The lowest BCUT2D eigenvalue weighted by atomic mass is 9.85. The lowest BCUT2D eigenvalue weighted by molar-refractivity contribution is -0.0167. The highest BCUT2D eigenvalue weighted by Crippen LogP contribution is 2.29. The molecule has 1 aliphatic heterocycles. The van der Waals surface area contributed by atoms with E-state index >= 15 is 0 Å². The highest BCUT2D eigenvalue weighted by atomic mass is 32.2. The molecule has 1 saturated heterocycles. The number of hydrogen-bond acceptors (Lipinski definition) is 5. The molecule has 0 spiro atoms. The van der Waals surface area contributed by atoms with Crippen LogP contribution < -0.4 is 4.72 Å². The predicted molar refractivity (Wildman–Crippen MR) is 138 cm³/mol. The Morgan fingerprint density at radius 2 is 1.73 bits per heavy atom. The van der Waals surface area contributed by atoms with Gasteiger partial charge in [0.25, 0.3) is 5.91 Å². The number of fused-ring (bicyclic) bond motifs is 1. The minimum Gasteiger partial charge on any atom is -0.588 e. The van der Waals surface area contributed by atoms with Crippen molar-refractivity contribution in [3.05, 3.63) is 102 Å². The number of aliphatic hydroxyl groups is 1. The van der Waals surface area contributed by atoms with Crippen LogP contribution in [0, 0.1) is 11.6 Å². The van der Waals surface area contributed by atoms with Gasteiger partial charge in [0.2, 0.25) is 4.90 Å². The topological polar surface area (TPSA) is 88.5 Å². The van der Waals surface area contributed by atoms with Crippen molar-refractivity contribution >= 4 is 33.9 Å². The lowest BCUT2D eigenvalue weighted by Gasteiger charge is -2.38. The summed E-state index contributed by atoms with van der Waals surface area (Å²) in [5.41, 5.74) is 0.719. The third kappa shape index (κ3) is 5.44. The zero-order valence-corrected chi connectivity index (χ0v) is 20.7. The van der Waals surface area contributed by atoms with E-state index in [4.69, 9.17) is 0 Å². The van der Waals surface area contributed by atoms with E-state index in [0.717, 1.165) is 0 Å². The van der Waals surface area contributed by atoms with Gasteiger partial charge in [-0.25, -0.2) is 13.5 Å². The Kier molecular flexibility index (Phi) is 7.10. The van der Waals surface area contributed by atoms with E-state index in [2.05, 4.69) is 9.71 Å². The van der Waals surface area contributed by atoms with Crippen LogP contribution in [0.1, 0.15) is 28.8 Å². The van der Waals surface area contributed by atoms with Crippen LogP contribution in [0.5, 0.6) is 0 Å². The van der Waals surface area contributed by atoms with E-state index in [1.807, 2.05) is 0 Å². The summed E-state index contributed by atoms with van der Waals surface area (Å²) in [5.74, 6) is -0.947. The summed E-state index contributed by atoms with van der Waals surface area (Å²) in [6.07, 6.45) is 2.43. The number of carbonyl (C=O) groups excluding carboxylic acids is 1. The third-order valence-corrected chi connectivity index (χ3v) is 7.83. The normalized spacial score (nSPS) is 15.9. The van der Waals surface area contributed by atoms with E-state index in [-0.39, 0.29) is 18.1 Å². The van der Waals surface area contributed by atoms with Crippen LogP contribution in [0.2, 0.25) is 0 Å². The Labute approximate surface area is 216 Å². The number of rotatable bonds is 6. The molecule has 37 heavy (non-hydrogen) atoms. The van der Waals surface area contributed by atoms with E-state index in [0.29, 0.717) is 58.5 Å². The second kappa shape index (κ2) is 10.5. The van der Waals surface area contributed by atoms with Gasteiger partial charge in [-0.1, -0.05) is 18.2 Å². The molecule has 1 unspecified atom stereocenters. The van der Waals surface area contributed by atoms with E-state index < -0.39 is 22.8 Å². The Morgan fingerprint density at radius 1 is 1.00 bits per heavy atom. The molecule has 1 fully saturated rings. The fourth-order valence-corrected chi connectivity index (χ4v) is 5.58. The summed E-state index contributed by atoms with van der Waals surface area (Å²) >= 11 is -1.70. The number of benzene rings is 3. The molecule has 1 aromatic heterocycles. The molecule has 4 aromatic rings. The zero-order valence-electron chi connectivity index (χ0n) is 19.9. The van der Waals surface area contributed by atoms with Crippen molar-refractivity contribution < 1.29 is 23.2 Å². The zero-order chi connectivity index (χ0) is 26.0. The molecule has 2 heterocycles. The number of aromatic nitrogens is 1. The highest BCUT2D eigenvalue weighted by Gasteiger charge is 2.35. The van der Waals surface area contributed by atoms with Crippen LogP contribution >= 0.6 is 0 Å². The second-order valence-electron chi connectivity index (χ2n) is 9.18. The molecular weight excluding hydrogens is 496 g/mol. The van der Waals surface area contributed by atoms with Crippen molar-refractivity contribution in [2.24, 2.45) is 0 Å². The summed E-state index contributed by atoms with van der Waals surface area (Å²) in [6.45, 7) is 0.719. The number of pyridine rings is 1. The summed E-state index contributed by atoms with van der Waals surface area (Å²) in [5, 5.41) is 11.2. The fourth-order valence-electron chi connectivity index (χ4n) is 4.59. The number of piperidine rings is 1. The van der Waals surface area contributed by atoms with Crippen molar-refractivity contribution in [3.8, 4) is 0 Å². The van der Waals surface area contributed by atoms with Crippen molar-refractivity contribution in [2.45, 2.75) is 29.8 Å². The van der Waals surface area contributed by atoms with Gasteiger partial charge in [-0.2, -0.15) is 0 Å². The van der Waals surface area contributed by atoms with Crippen LogP contribution in [0.25, 0.3) is 10.9 Å². The first-order valence-electron chi connectivity index (χ1n) is 11.9. The molecule has 0 saturated carbocycles. The summed E-state index contributed by atoms with van der Waals surface area (Å²) in [7, 11) is 0. The van der Waals surface area contributed by atoms with Crippen LogP contribution in [-0.4, -0.2) is 44.1 Å². The van der Waals surface area contributed by atoms with Crippen LogP contribution in [-0.2, 0) is 17.8 Å². The van der Waals surface area contributed by atoms with Gasteiger partial charge in [-0.15, -0.1) is 0 Å². The summed E-state index contributed by atoms with van der Waals surface area (Å²) in [6, 6.07) is 18.9. The monoisotopic (exact) mass is 521 g/mol. The first-order chi connectivity index (χ1) is 17.8. The molecule has 0 radical (unpaired) electrons. The number of nitrogens with zero attached hydrogens (tertiary/aromatic N) is 2. The third-order valence-electron chi connectivity index (χ3n) is 6.68.